The molecule has 27 heavy (non-hydrogen) atoms. The lowest BCUT2D eigenvalue weighted by atomic mass is 10.0. The zero-order valence-electron chi connectivity index (χ0n) is 15.0. The molecule has 0 aromatic heterocycles. The van der Waals surface area contributed by atoms with Crippen molar-refractivity contribution in [2.24, 2.45) is 0 Å². The van der Waals surface area contributed by atoms with Gasteiger partial charge in [-0.25, -0.2) is 13.2 Å². The van der Waals surface area contributed by atoms with Crippen LogP contribution in [0.3, 0.4) is 0 Å². The number of halogens is 4. The number of morpholine rings is 1. The Kier molecular flexibility index (Phi) is 6.76. The van der Waals surface area contributed by atoms with Crippen molar-refractivity contribution < 1.29 is 17.9 Å². The Hall–Kier alpha value is -1.60. The predicted molar refractivity (Wildman–Crippen MR) is 99.2 cm³/mol. The first-order valence-electron chi connectivity index (χ1n) is 8.90. The molecule has 146 valence electrons. The Morgan fingerprint density at radius 3 is 2.78 bits per heavy atom. The maximum Gasteiger partial charge on any atom is 0.129 e. The summed E-state index contributed by atoms with van der Waals surface area (Å²) in [5, 5.41) is 3.47. The summed E-state index contributed by atoms with van der Waals surface area (Å²) in [5.41, 5.74) is 0.629. The normalized spacial score (nSPS) is 19.2. The molecule has 1 saturated heterocycles. The maximum absolute atomic E-state index is 14.5. The molecule has 1 N–H and O–H groups in total. The fourth-order valence-electron chi connectivity index (χ4n) is 3.39. The second kappa shape index (κ2) is 9.06. The average molecular weight is 399 g/mol. The highest BCUT2D eigenvalue weighted by Gasteiger charge is 2.29. The van der Waals surface area contributed by atoms with Gasteiger partial charge in [0.25, 0.3) is 0 Å². The first kappa shape index (κ1) is 20.1. The van der Waals surface area contributed by atoms with Crippen molar-refractivity contribution in [3.8, 4) is 0 Å². The summed E-state index contributed by atoms with van der Waals surface area (Å²) in [4.78, 5) is 2.10. The van der Waals surface area contributed by atoms with Gasteiger partial charge in [-0.1, -0.05) is 17.7 Å². The SMILES string of the molecule is C[C@@H]1CN([C@H](CNCc2cc(F)ccc2F)c2c(F)cccc2Cl)CCO1. The van der Waals surface area contributed by atoms with Crippen LogP contribution in [-0.4, -0.2) is 37.2 Å². The lowest BCUT2D eigenvalue weighted by molar-refractivity contribution is -0.0349. The molecule has 3 nitrogen and oxygen atoms in total. The van der Waals surface area contributed by atoms with E-state index in [2.05, 4.69) is 10.2 Å². The Bertz CT molecular complexity index is 770. The Morgan fingerprint density at radius 2 is 2.04 bits per heavy atom. The van der Waals surface area contributed by atoms with Crippen molar-refractivity contribution in [2.75, 3.05) is 26.2 Å². The lowest BCUT2D eigenvalue weighted by Crippen LogP contribution is -2.46. The van der Waals surface area contributed by atoms with E-state index in [9.17, 15) is 13.2 Å². The van der Waals surface area contributed by atoms with Gasteiger partial charge < -0.3 is 10.1 Å². The topological polar surface area (TPSA) is 24.5 Å². The van der Waals surface area contributed by atoms with Crippen LogP contribution in [0.5, 0.6) is 0 Å². The Balaban J connectivity index is 1.78. The van der Waals surface area contributed by atoms with Crippen LogP contribution in [0.15, 0.2) is 36.4 Å². The molecule has 1 aliphatic rings. The largest absolute Gasteiger partial charge is 0.376 e. The third kappa shape index (κ3) is 5.02. The molecule has 0 unspecified atom stereocenters. The van der Waals surface area contributed by atoms with Gasteiger partial charge in [0.1, 0.15) is 17.5 Å². The van der Waals surface area contributed by atoms with Crippen LogP contribution in [0.25, 0.3) is 0 Å². The number of ether oxygens (including phenoxy) is 1. The summed E-state index contributed by atoms with van der Waals surface area (Å²) in [6, 6.07) is 7.59. The van der Waals surface area contributed by atoms with Gasteiger partial charge in [-0.3, -0.25) is 4.90 Å². The monoisotopic (exact) mass is 398 g/mol. The second-order valence-electron chi connectivity index (χ2n) is 6.69. The Morgan fingerprint density at radius 1 is 1.22 bits per heavy atom. The summed E-state index contributed by atoms with van der Waals surface area (Å²) < 4.78 is 47.3. The van der Waals surface area contributed by atoms with Crippen molar-refractivity contribution in [3.05, 3.63) is 70.0 Å². The molecule has 0 saturated carbocycles. The van der Waals surface area contributed by atoms with Gasteiger partial charge in [-0.15, -0.1) is 0 Å². The van der Waals surface area contributed by atoms with Crippen molar-refractivity contribution in [2.45, 2.75) is 25.6 Å². The summed E-state index contributed by atoms with van der Waals surface area (Å²) in [7, 11) is 0. The van der Waals surface area contributed by atoms with E-state index in [0.29, 0.717) is 36.8 Å². The van der Waals surface area contributed by atoms with Crippen LogP contribution in [0.2, 0.25) is 5.02 Å². The van der Waals surface area contributed by atoms with Crippen LogP contribution in [0, 0.1) is 17.5 Å². The van der Waals surface area contributed by atoms with E-state index in [1.54, 1.807) is 12.1 Å². The molecular weight excluding hydrogens is 377 g/mol. The van der Waals surface area contributed by atoms with E-state index in [1.807, 2.05) is 6.92 Å². The molecule has 2 aromatic carbocycles. The average Bonchev–Trinajstić information content (AvgIpc) is 2.63. The first-order chi connectivity index (χ1) is 13.0. The first-order valence-corrected chi connectivity index (χ1v) is 9.27. The smallest absolute Gasteiger partial charge is 0.129 e. The van der Waals surface area contributed by atoms with Crippen LogP contribution in [-0.2, 0) is 11.3 Å². The van der Waals surface area contributed by atoms with Crippen molar-refractivity contribution in [3.63, 3.8) is 0 Å². The third-order valence-corrected chi connectivity index (χ3v) is 5.04. The number of hydrogen-bond acceptors (Lipinski definition) is 3. The van der Waals surface area contributed by atoms with Crippen LogP contribution >= 0.6 is 11.6 Å². The molecule has 0 radical (unpaired) electrons. The lowest BCUT2D eigenvalue weighted by Gasteiger charge is -2.38. The highest BCUT2D eigenvalue weighted by molar-refractivity contribution is 6.31. The summed E-state index contributed by atoms with van der Waals surface area (Å²) in [6.07, 6.45) is 0.0208. The highest BCUT2D eigenvalue weighted by atomic mass is 35.5. The minimum atomic E-state index is -0.496. The van der Waals surface area contributed by atoms with Crippen LogP contribution in [0.1, 0.15) is 24.1 Å². The molecule has 0 bridgehead atoms. The molecule has 0 amide bonds. The molecule has 1 heterocycles. The number of rotatable bonds is 6. The van der Waals surface area contributed by atoms with Crippen molar-refractivity contribution in [1.29, 1.82) is 0 Å². The van der Waals surface area contributed by atoms with E-state index in [-0.39, 0.29) is 30.1 Å². The van der Waals surface area contributed by atoms with E-state index >= 15 is 0 Å². The minimum Gasteiger partial charge on any atom is -0.376 e. The van der Waals surface area contributed by atoms with E-state index in [1.165, 1.54) is 6.07 Å². The Labute approximate surface area is 162 Å². The summed E-state index contributed by atoms with van der Waals surface area (Å²) in [5.74, 6) is -1.36. The zero-order chi connectivity index (χ0) is 19.4. The van der Waals surface area contributed by atoms with Gasteiger partial charge in [-0.2, -0.15) is 0 Å². The maximum atomic E-state index is 14.5. The number of hydrogen-bond donors (Lipinski definition) is 1. The second-order valence-corrected chi connectivity index (χ2v) is 7.10. The molecule has 0 aliphatic carbocycles. The molecule has 2 aromatic rings. The number of nitrogens with zero attached hydrogens (tertiary/aromatic N) is 1. The fraction of sp³-hybridized carbons (Fsp3) is 0.400. The molecule has 0 spiro atoms. The predicted octanol–water partition coefficient (Wildman–Crippen LogP) is 4.31. The van der Waals surface area contributed by atoms with Gasteiger partial charge in [-0.05, 0) is 37.3 Å². The summed E-state index contributed by atoms with van der Waals surface area (Å²) in [6.45, 7) is 4.24. The number of benzene rings is 2. The molecule has 1 fully saturated rings. The van der Waals surface area contributed by atoms with Gasteiger partial charge in [0.2, 0.25) is 0 Å². The van der Waals surface area contributed by atoms with Gasteiger partial charge >= 0.3 is 0 Å². The zero-order valence-corrected chi connectivity index (χ0v) is 15.8. The highest BCUT2D eigenvalue weighted by Crippen LogP contribution is 2.31. The van der Waals surface area contributed by atoms with E-state index in [0.717, 1.165) is 18.2 Å². The molecule has 7 heteroatoms. The van der Waals surface area contributed by atoms with E-state index < -0.39 is 11.6 Å². The summed E-state index contributed by atoms with van der Waals surface area (Å²) >= 11 is 6.29. The van der Waals surface area contributed by atoms with Crippen molar-refractivity contribution >= 4 is 11.6 Å². The number of nitrogens with one attached hydrogen (secondary N) is 1. The molecular formula is C20H22ClF3N2O. The molecule has 1 aliphatic heterocycles. The molecule has 3 rings (SSSR count). The quantitative estimate of drug-likeness (QED) is 0.784. The minimum absolute atomic E-state index is 0.0208. The fourth-order valence-corrected chi connectivity index (χ4v) is 3.68. The standard InChI is InChI=1S/C20H22ClF3N2O/c1-13-12-26(7-8-27-13)19(20-16(21)3-2-4-18(20)24)11-25-10-14-9-15(22)5-6-17(14)23/h2-6,9,13,19,25H,7-8,10-12H2,1H3/t13-,19-/m1/s1. The van der Waals surface area contributed by atoms with E-state index in [4.69, 9.17) is 16.3 Å². The van der Waals surface area contributed by atoms with Gasteiger partial charge in [0.05, 0.1) is 18.8 Å². The van der Waals surface area contributed by atoms with Gasteiger partial charge in [0.15, 0.2) is 0 Å². The third-order valence-electron chi connectivity index (χ3n) is 4.71. The molecule has 2 atom stereocenters. The van der Waals surface area contributed by atoms with Crippen molar-refractivity contribution in [1.82, 2.24) is 10.2 Å². The van der Waals surface area contributed by atoms with Crippen LogP contribution < -0.4 is 5.32 Å². The van der Waals surface area contributed by atoms with Crippen LogP contribution in [0.4, 0.5) is 13.2 Å². The van der Waals surface area contributed by atoms with Gasteiger partial charge in [0, 0.05) is 42.3 Å².